The fraction of sp³-hybridized carbons (Fsp3) is 0.417. The minimum absolute atomic E-state index is 0.338. The van der Waals surface area contributed by atoms with Gasteiger partial charge in [0.25, 0.3) is 0 Å². The van der Waals surface area contributed by atoms with Gasteiger partial charge in [0.2, 0.25) is 0 Å². The quantitative estimate of drug-likeness (QED) is 0.743. The number of esters is 1. The number of methoxy groups -OCH3 is 1. The molecule has 0 saturated heterocycles. The molecular weight excluding hydrogens is 218 g/mol. The maximum absolute atomic E-state index is 11.7. The molecule has 2 aromatic rings. The van der Waals surface area contributed by atoms with E-state index in [0.717, 1.165) is 23.3 Å². The zero-order valence-electron chi connectivity index (χ0n) is 10.4. The molecule has 2 heterocycles. The van der Waals surface area contributed by atoms with E-state index in [4.69, 9.17) is 4.74 Å². The van der Waals surface area contributed by atoms with Gasteiger partial charge < -0.3 is 9.30 Å². The number of aromatic nitrogens is 3. The first-order valence-corrected chi connectivity index (χ1v) is 5.51. The molecule has 17 heavy (non-hydrogen) atoms. The Kier molecular flexibility index (Phi) is 2.83. The topological polar surface area (TPSA) is 57.0 Å². The Morgan fingerprint density at radius 1 is 1.41 bits per heavy atom. The highest BCUT2D eigenvalue weighted by Gasteiger charge is 2.18. The van der Waals surface area contributed by atoms with Gasteiger partial charge in [-0.1, -0.05) is 0 Å². The van der Waals surface area contributed by atoms with Crippen LogP contribution >= 0.6 is 0 Å². The molecule has 0 aliphatic heterocycles. The maximum Gasteiger partial charge on any atom is 0.359 e. The molecule has 0 unspecified atom stereocenters. The highest BCUT2D eigenvalue weighted by molar-refractivity contribution is 6.00. The monoisotopic (exact) mass is 233 g/mol. The van der Waals surface area contributed by atoms with Crippen LogP contribution in [0.1, 0.15) is 28.9 Å². The number of aryl methyl sites for hydroxylation is 3. The number of hydrogen-bond acceptors (Lipinski definition) is 4. The molecule has 0 aliphatic carbocycles. The number of carbonyl (C=O) groups is 1. The molecule has 2 rings (SSSR count). The number of carbonyl (C=O) groups excluding carboxylic acids is 1. The van der Waals surface area contributed by atoms with E-state index in [0.29, 0.717) is 11.5 Å². The van der Waals surface area contributed by atoms with Crippen molar-refractivity contribution >= 4 is 17.0 Å². The molecule has 5 heteroatoms. The molecule has 0 bridgehead atoms. The van der Waals surface area contributed by atoms with Crippen LogP contribution in [0, 0.1) is 13.8 Å². The first-order valence-electron chi connectivity index (χ1n) is 5.51. The molecule has 0 amide bonds. The molecule has 0 atom stereocenters. The zero-order chi connectivity index (χ0) is 12.6. The third kappa shape index (κ3) is 1.77. The van der Waals surface area contributed by atoms with E-state index in [1.807, 2.05) is 24.5 Å². The molecule has 0 N–H and O–H groups in total. The van der Waals surface area contributed by atoms with Crippen LogP contribution < -0.4 is 0 Å². The van der Waals surface area contributed by atoms with Crippen LogP contribution in [0.5, 0.6) is 0 Å². The molecule has 90 valence electrons. The van der Waals surface area contributed by atoms with Crippen molar-refractivity contribution in [2.24, 2.45) is 0 Å². The van der Waals surface area contributed by atoms with E-state index >= 15 is 0 Å². The Balaban J connectivity index is 2.84. The summed E-state index contributed by atoms with van der Waals surface area (Å²) in [4.78, 5) is 20.3. The van der Waals surface area contributed by atoms with Crippen molar-refractivity contribution in [1.29, 1.82) is 0 Å². The summed E-state index contributed by atoms with van der Waals surface area (Å²) >= 11 is 0. The normalized spacial score (nSPS) is 10.8. The van der Waals surface area contributed by atoms with E-state index < -0.39 is 5.97 Å². The van der Waals surface area contributed by atoms with Crippen molar-refractivity contribution < 1.29 is 9.53 Å². The molecule has 0 spiro atoms. The Labute approximate surface area is 99.4 Å². The maximum atomic E-state index is 11.7. The minimum atomic E-state index is -0.423. The molecule has 5 nitrogen and oxygen atoms in total. The van der Waals surface area contributed by atoms with E-state index in [9.17, 15) is 4.79 Å². The van der Waals surface area contributed by atoms with Crippen LogP contribution in [0.25, 0.3) is 11.0 Å². The molecular formula is C12H15N3O2. The van der Waals surface area contributed by atoms with Gasteiger partial charge in [-0.25, -0.2) is 14.8 Å². The Hall–Kier alpha value is -1.91. The van der Waals surface area contributed by atoms with Gasteiger partial charge in [-0.3, -0.25) is 0 Å². The van der Waals surface area contributed by atoms with Crippen molar-refractivity contribution in [3.05, 3.63) is 23.3 Å². The largest absolute Gasteiger partial charge is 0.464 e. The first-order chi connectivity index (χ1) is 8.08. The standard InChI is InChI=1S/C12H15N3O2/c1-5-15-7(2)6-9-11(15)10(12(16)17-4)14-8(3)13-9/h6H,5H2,1-4H3. The number of rotatable bonds is 2. The van der Waals surface area contributed by atoms with Gasteiger partial charge in [0.05, 0.1) is 12.6 Å². The number of nitrogens with zero attached hydrogens (tertiary/aromatic N) is 3. The fourth-order valence-corrected chi connectivity index (χ4v) is 2.05. The highest BCUT2D eigenvalue weighted by Crippen LogP contribution is 2.21. The van der Waals surface area contributed by atoms with Gasteiger partial charge >= 0.3 is 5.97 Å². The van der Waals surface area contributed by atoms with Gasteiger partial charge in [0.15, 0.2) is 5.69 Å². The summed E-state index contributed by atoms with van der Waals surface area (Å²) in [5.74, 6) is 0.152. The lowest BCUT2D eigenvalue weighted by atomic mass is 10.3. The summed E-state index contributed by atoms with van der Waals surface area (Å²) in [6.45, 7) is 6.55. The summed E-state index contributed by atoms with van der Waals surface area (Å²) in [6, 6.07) is 1.96. The van der Waals surface area contributed by atoms with Gasteiger partial charge in [-0.05, 0) is 26.8 Å². The second-order valence-electron chi connectivity index (χ2n) is 3.87. The zero-order valence-corrected chi connectivity index (χ0v) is 10.4. The molecule has 2 aromatic heterocycles. The Morgan fingerprint density at radius 3 is 2.71 bits per heavy atom. The van der Waals surface area contributed by atoms with Gasteiger partial charge in [0, 0.05) is 12.2 Å². The summed E-state index contributed by atoms with van der Waals surface area (Å²) in [7, 11) is 1.36. The second-order valence-corrected chi connectivity index (χ2v) is 3.87. The van der Waals surface area contributed by atoms with Crippen LogP contribution in [0.4, 0.5) is 0 Å². The molecule has 0 aliphatic rings. The Bertz CT molecular complexity index is 587. The SMILES string of the molecule is CCn1c(C)cc2nc(C)nc(C(=O)OC)c21. The van der Waals surface area contributed by atoms with Crippen molar-refractivity contribution in [2.45, 2.75) is 27.3 Å². The third-order valence-corrected chi connectivity index (χ3v) is 2.76. The van der Waals surface area contributed by atoms with E-state index in [-0.39, 0.29) is 0 Å². The summed E-state index contributed by atoms with van der Waals surface area (Å²) in [5.41, 5.74) is 2.94. The molecule has 0 saturated carbocycles. The average Bonchev–Trinajstić information content (AvgIpc) is 2.62. The van der Waals surface area contributed by atoms with Crippen molar-refractivity contribution in [1.82, 2.24) is 14.5 Å². The van der Waals surface area contributed by atoms with Crippen LogP contribution in [0.3, 0.4) is 0 Å². The third-order valence-electron chi connectivity index (χ3n) is 2.76. The fourth-order valence-electron chi connectivity index (χ4n) is 2.05. The first kappa shape index (κ1) is 11.6. The smallest absolute Gasteiger partial charge is 0.359 e. The van der Waals surface area contributed by atoms with Gasteiger partial charge in [-0.2, -0.15) is 0 Å². The van der Waals surface area contributed by atoms with Gasteiger partial charge in [-0.15, -0.1) is 0 Å². The Morgan fingerprint density at radius 2 is 2.12 bits per heavy atom. The molecule has 0 aromatic carbocycles. The predicted molar refractivity (Wildman–Crippen MR) is 64.0 cm³/mol. The predicted octanol–water partition coefficient (Wildman–Crippen LogP) is 1.85. The van der Waals surface area contributed by atoms with Crippen molar-refractivity contribution in [3.8, 4) is 0 Å². The lowest BCUT2D eigenvalue weighted by molar-refractivity contribution is 0.0595. The van der Waals surface area contributed by atoms with E-state index in [2.05, 4.69) is 9.97 Å². The highest BCUT2D eigenvalue weighted by atomic mass is 16.5. The van der Waals surface area contributed by atoms with Crippen LogP contribution in [-0.2, 0) is 11.3 Å². The van der Waals surface area contributed by atoms with Crippen molar-refractivity contribution in [2.75, 3.05) is 7.11 Å². The number of ether oxygens (including phenoxy) is 1. The van der Waals surface area contributed by atoms with E-state index in [1.165, 1.54) is 7.11 Å². The van der Waals surface area contributed by atoms with Crippen LogP contribution in [-0.4, -0.2) is 27.6 Å². The summed E-state index contributed by atoms with van der Waals surface area (Å²) < 4.78 is 6.78. The lowest BCUT2D eigenvalue weighted by Crippen LogP contribution is -2.10. The lowest BCUT2D eigenvalue weighted by Gasteiger charge is -2.07. The minimum Gasteiger partial charge on any atom is -0.464 e. The van der Waals surface area contributed by atoms with Crippen LogP contribution in [0.2, 0.25) is 0 Å². The number of hydrogen-bond donors (Lipinski definition) is 0. The molecule has 0 radical (unpaired) electrons. The summed E-state index contributed by atoms with van der Waals surface area (Å²) in [6.07, 6.45) is 0. The van der Waals surface area contributed by atoms with E-state index in [1.54, 1.807) is 6.92 Å². The van der Waals surface area contributed by atoms with Crippen LogP contribution in [0.15, 0.2) is 6.07 Å². The average molecular weight is 233 g/mol. The summed E-state index contributed by atoms with van der Waals surface area (Å²) in [5, 5.41) is 0. The van der Waals surface area contributed by atoms with Gasteiger partial charge in [0.1, 0.15) is 11.3 Å². The van der Waals surface area contributed by atoms with Crippen molar-refractivity contribution in [3.63, 3.8) is 0 Å². The second kappa shape index (κ2) is 4.16. The molecule has 0 fully saturated rings. The number of fused-ring (bicyclic) bond motifs is 1.